The van der Waals surface area contributed by atoms with Crippen molar-refractivity contribution in [2.45, 2.75) is 0 Å². The maximum atomic E-state index is 11.7. The lowest BCUT2D eigenvalue weighted by Gasteiger charge is -2.07. The van der Waals surface area contributed by atoms with Crippen LogP contribution >= 0.6 is 23.2 Å². The van der Waals surface area contributed by atoms with E-state index in [4.69, 9.17) is 42.1 Å². The molecule has 8 heteroatoms. The van der Waals surface area contributed by atoms with Gasteiger partial charge in [-0.15, -0.1) is 0 Å². The topological polar surface area (TPSA) is 66.0 Å². The molecular formula is C19H15Cl2NO5. The second-order valence-electron chi connectivity index (χ2n) is 5.30. The van der Waals surface area contributed by atoms with Crippen LogP contribution in [0, 0.1) is 11.8 Å². The fourth-order valence-electron chi connectivity index (χ4n) is 2.13. The Morgan fingerprint density at radius 1 is 1.07 bits per heavy atom. The average molecular weight is 408 g/mol. The van der Waals surface area contributed by atoms with Crippen LogP contribution in [0.1, 0.15) is 0 Å². The van der Waals surface area contributed by atoms with Crippen LogP contribution in [0.4, 0.5) is 0 Å². The predicted molar refractivity (Wildman–Crippen MR) is 101 cm³/mol. The molecule has 0 aliphatic carbocycles. The molecule has 0 atom stereocenters. The summed E-state index contributed by atoms with van der Waals surface area (Å²) in [5, 5.41) is 3.46. The van der Waals surface area contributed by atoms with E-state index < -0.39 is 0 Å². The molecule has 2 aromatic rings. The minimum absolute atomic E-state index is 0.170. The highest BCUT2D eigenvalue weighted by atomic mass is 35.5. The molecule has 3 rings (SSSR count). The summed E-state index contributed by atoms with van der Waals surface area (Å²) in [5.41, 5.74) is 0. The van der Waals surface area contributed by atoms with Gasteiger partial charge in [-0.25, -0.2) is 0 Å². The number of hydrogen-bond donors (Lipinski definition) is 1. The van der Waals surface area contributed by atoms with Gasteiger partial charge in [0.15, 0.2) is 18.1 Å². The third kappa shape index (κ3) is 5.61. The van der Waals surface area contributed by atoms with Crippen LogP contribution in [0.3, 0.4) is 0 Å². The summed E-state index contributed by atoms with van der Waals surface area (Å²) in [4.78, 5) is 11.7. The largest absolute Gasteiger partial charge is 0.482 e. The Balaban J connectivity index is 1.34. The molecule has 0 fully saturated rings. The van der Waals surface area contributed by atoms with E-state index in [9.17, 15) is 4.79 Å². The quantitative estimate of drug-likeness (QED) is 0.744. The summed E-state index contributed by atoms with van der Waals surface area (Å²) < 4.78 is 21.3. The Bertz CT molecular complexity index is 891. The molecule has 1 N–H and O–H groups in total. The van der Waals surface area contributed by atoms with Crippen LogP contribution in [0.15, 0.2) is 36.4 Å². The van der Waals surface area contributed by atoms with Gasteiger partial charge < -0.3 is 24.3 Å². The predicted octanol–water partition coefficient (Wildman–Crippen LogP) is 3.30. The van der Waals surface area contributed by atoms with Gasteiger partial charge in [-0.05, 0) is 30.3 Å². The van der Waals surface area contributed by atoms with Crippen LogP contribution in [0.25, 0.3) is 0 Å². The first-order valence-corrected chi connectivity index (χ1v) is 8.70. The van der Waals surface area contributed by atoms with Crippen LogP contribution in [0.2, 0.25) is 10.0 Å². The minimum Gasteiger partial charge on any atom is -0.482 e. The van der Waals surface area contributed by atoms with Gasteiger partial charge in [0.05, 0.1) is 11.6 Å². The number of fused-ring (bicyclic) bond motifs is 1. The third-order valence-corrected chi connectivity index (χ3v) is 3.94. The summed E-state index contributed by atoms with van der Waals surface area (Å²) in [6, 6.07) is 10.1. The highest BCUT2D eigenvalue weighted by Crippen LogP contribution is 2.35. The van der Waals surface area contributed by atoms with Crippen LogP contribution in [-0.4, -0.2) is 32.5 Å². The zero-order chi connectivity index (χ0) is 19.1. The highest BCUT2D eigenvalue weighted by Gasteiger charge is 2.13. The van der Waals surface area contributed by atoms with Crippen molar-refractivity contribution in [1.29, 1.82) is 0 Å². The van der Waals surface area contributed by atoms with Gasteiger partial charge in [-0.1, -0.05) is 35.0 Å². The number of nitrogens with one attached hydrogen (secondary N) is 1. The normalized spacial score (nSPS) is 11.3. The standard InChI is InChI=1S/C19H15Cl2NO5/c20-13-3-5-16(15(21)9-13)25-11-19(23)22-7-1-2-8-24-14-4-6-17-18(10-14)27-12-26-17/h3-6,9-10H,7-8,11-12H2,(H,22,23). The third-order valence-electron chi connectivity index (χ3n) is 3.41. The molecule has 1 heterocycles. The summed E-state index contributed by atoms with van der Waals surface area (Å²) in [5.74, 6) is 7.65. The fraction of sp³-hybridized carbons (Fsp3) is 0.211. The molecule has 1 amide bonds. The number of carbonyl (C=O) groups excluding carboxylic acids is 1. The van der Waals surface area contributed by atoms with Gasteiger partial charge in [0.2, 0.25) is 6.79 Å². The number of ether oxygens (including phenoxy) is 4. The van der Waals surface area contributed by atoms with E-state index in [0.29, 0.717) is 33.0 Å². The molecule has 0 saturated heterocycles. The molecule has 0 radical (unpaired) electrons. The molecule has 0 spiro atoms. The number of carbonyl (C=O) groups is 1. The Labute approximate surface area is 166 Å². The molecule has 140 valence electrons. The van der Waals surface area contributed by atoms with Crippen LogP contribution < -0.4 is 24.3 Å². The van der Waals surface area contributed by atoms with Gasteiger partial charge in [0, 0.05) is 11.1 Å². The van der Waals surface area contributed by atoms with Gasteiger partial charge in [0.1, 0.15) is 18.1 Å². The monoisotopic (exact) mass is 407 g/mol. The molecule has 2 aromatic carbocycles. The van der Waals surface area contributed by atoms with Crippen molar-refractivity contribution in [2.75, 3.05) is 26.6 Å². The Morgan fingerprint density at radius 3 is 2.78 bits per heavy atom. The maximum absolute atomic E-state index is 11.7. The molecule has 1 aliphatic rings. The van der Waals surface area contributed by atoms with Gasteiger partial charge >= 0.3 is 0 Å². The average Bonchev–Trinajstić information content (AvgIpc) is 3.11. The minimum atomic E-state index is -0.313. The van der Waals surface area contributed by atoms with E-state index in [0.717, 1.165) is 0 Å². The molecule has 0 saturated carbocycles. The van der Waals surface area contributed by atoms with E-state index in [2.05, 4.69) is 17.2 Å². The van der Waals surface area contributed by atoms with E-state index >= 15 is 0 Å². The maximum Gasteiger partial charge on any atom is 0.258 e. The van der Waals surface area contributed by atoms with Crippen LogP contribution in [0.5, 0.6) is 23.0 Å². The SMILES string of the molecule is O=C(COc1ccc(Cl)cc1Cl)NCC#CCOc1ccc2c(c1)OCO2. The zero-order valence-electron chi connectivity index (χ0n) is 14.1. The van der Waals surface area contributed by atoms with Crippen molar-refractivity contribution in [3.8, 4) is 34.8 Å². The highest BCUT2D eigenvalue weighted by molar-refractivity contribution is 6.35. The molecule has 6 nitrogen and oxygen atoms in total. The second kappa shape index (κ2) is 9.26. The van der Waals surface area contributed by atoms with Crippen molar-refractivity contribution in [3.63, 3.8) is 0 Å². The van der Waals surface area contributed by atoms with E-state index in [-0.39, 0.29) is 32.5 Å². The van der Waals surface area contributed by atoms with E-state index in [1.54, 1.807) is 36.4 Å². The lowest BCUT2D eigenvalue weighted by Crippen LogP contribution is -2.29. The molecule has 0 aromatic heterocycles. The van der Waals surface area contributed by atoms with Crippen LogP contribution in [-0.2, 0) is 4.79 Å². The first kappa shape index (κ1) is 19.0. The molecule has 0 bridgehead atoms. The zero-order valence-corrected chi connectivity index (χ0v) is 15.6. The van der Waals surface area contributed by atoms with Crippen molar-refractivity contribution in [1.82, 2.24) is 5.32 Å². The summed E-state index contributed by atoms with van der Waals surface area (Å²) in [7, 11) is 0. The fourth-order valence-corrected chi connectivity index (χ4v) is 2.59. The number of benzene rings is 2. The molecular weight excluding hydrogens is 393 g/mol. The Kier molecular flexibility index (Phi) is 6.53. The number of halogens is 2. The summed E-state index contributed by atoms with van der Waals surface area (Å²) >= 11 is 11.8. The van der Waals surface area contributed by atoms with Crippen molar-refractivity contribution >= 4 is 29.1 Å². The van der Waals surface area contributed by atoms with E-state index in [1.165, 1.54) is 0 Å². The Morgan fingerprint density at radius 2 is 1.93 bits per heavy atom. The molecule has 1 aliphatic heterocycles. The van der Waals surface area contributed by atoms with Gasteiger partial charge in [-0.3, -0.25) is 4.79 Å². The number of amides is 1. The molecule has 0 unspecified atom stereocenters. The molecule has 27 heavy (non-hydrogen) atoms. The lowest BCUT2D eigenvalue weighted by molar-refractivity contribution is -0.122. The van der Waals surface area contributed by atoms with Crippen molar-refractivity contribution in [2.24, 2.45) is 0 Å². The lowest BCUT2D eigenvalue weighted by atomic mass is 10.3. The van der Waals surface area contributed by atoms with Crippen molar-refractivity contribution in [3.05, 3.63) is 46.4 Å². The first-order chi connectivity index (χ1) is 13.1. The summed E-state index contributed by atoms with van der Waals surface area (Å²) in [6.45, 7) is 0.413. The smallest absolute Gasteiger partial charge is 0.258 e. The van der Waals surface area contributed by atoms with Gasteiger partial charge in [-0.2, -0.15) is 0 Å². The van der Waals surface area contributed by atoms with Gasteiger partial charge in [0.25, 0.3) is 5.91 Å². The number of hydrogen-bond acceptors (Lipinski definition) is 5. The van der Waals surface area contributed by atoms with E-state index in [1.807, 2.05) is 0 Å². The summed E-state index contributed by atoms with van der Waals surface area (Å²) in [6.07, 6.45) is 0. The first-order valence-electron chi connectivity index (χ1n) is 7.94. The van der Waals surface area contributed by atoms with Crippen molar-refractivity contribution < 1.29 is 23.7 Å². The number of rotatable bonds is 6. The second-order valence-corrected chi connectivity index (χ2v) is 6.14. The Hall–Kier alpha value is -2.75.